The van der Waals surface area contributed by atoms with Crippen LogP contribution in [0.4, 0.5) is 0 Å². The normalized spacial score (nSPS) is 31.8. The molecule has 68 valence electrons. The molecule has 1 saturated carbocycles. The Labute approximate surface area is 71.7 Å². The molecule has 1 N–H and O–H groups in total. The lowest BCUT2D eigenvalue weighted by Crippen LogP contribution is -2.37. The summed E-state index contributed by atoms with van der Waals surface area (Å²) in [5.74, 6) is -0.739. The van der Waals surface area contributed by atoms with Crippen LogP contribution in [0.3, 0.4) is 0 Å². The molecule has 1 aliphatic carbocycles. The van der Waals surface area contributed by atoms with Gasteiger partial charge in [0, 0.05) is 0 Å². The fourth-order valence-corrected chi connectivity index (χ4v) is 2.17. The van der Waals surface area contributed by atoms with Crippen LogP contribution in [0.2, 0.25) is 0 Å². The van der Waals surface area contributed by atoms with Gasteiger partial charge in [0.25, 0.3) is 0 Å². The molecule has 0 radical (unpaired) electrons. The summed E-state index contributed by atoms with van der Waals surface area (Å²) >= 11 is 0. The minimum Gasteiger partial charge on any atom is -0.481 e. The molecule has 0 aromatic carbocycles. The lowest BCUT2D eigenvalue weighted by Gasteiger charge is -2.37. The maximum atomic E-state index is 10.4. The number of rotatable bonds is 2. The molecule has 2 aliphatic rings. The van der Waals surface area contributed by atoms with Crippen molar-refractivity contribution in [1.29, 1.82) is 0 Å². The highest BCUT2D eigenvalue weighted by molar-refractivity contribution is 5.67. The van der Waals surface area contributed by atoms with E-state index < -0.39 is 5.97 Å². The van der Waals surface area contributed by atoms with E-state index in [0.717, 1.165) is 25.7 Å². The predicted octanol–water partition coefficient (Wildman–Crippen LogP) is 1.56. The first-order chi connectivity index (χ1) is 5.70. The minimum atomic E-state index is -0.739. The monoisotopic (exact) mass is 170 g/mol. The average Bonchev–Trinajstić information content (AvgIpc) is 2.29. The van der Waals surface area contributed by atoms with Gasteiger partial charge in [-0.3, -0.25) is 4.79 Å². The molecule has 12 heavy (non-hydrogen) atoms. The third kappa shape index (κ3) is 1.33. The van der Waals surface area contributed by atoms with Crippen molar-refractivity contribution in [3.05, 3.63) is 0 Å². The molecule has 1 spiro atoms. The summed E-state index contributed by atoms with van der Waals surface area (Å²) in [6, 6.07) is 0. The standard InChI is InChI=1S/C9H14O3/c10-8(11)6-7-2-5-9(12-7)3-1-4-9/h7H,1-6H2,(H,10,11). The van der Waals surface area contributed by atoms with Crippen LogP contribution in [-0.2, 0) is 9.53 Å². The summed E-state index contributed by atoms with van der Waals surface area (Å²) in [7, 11) is 0. The summed E-state index contributed by atoms with van der Waals surface area (Å²) in [4.78, 5) is 10.4. The second-order valence-corrected chi connectivity index (χ2v) is 3.91. The SMILES string of the molecule is O=C(O)CC1CCC2(CCC2)O1. The van der Waals surface area contributed by atoms with Crippen molar-refractivity contribution in [2.75, 3.05) is 0 Å². The summed E-state index contributed by atoms with van der Waals surface area (Å²) in [5, 5.41) is 8.55. The van der Waals surface area contributed by atoms with E-state index in [-0.39, 0.29) is 18.1 Å². The Morgan fingerprint density at radius 3 is 2.67 bits per heavy atom. The first-order valence-electron chi connectivity index (χ1n) is 4.60. The van der Waals surface area contributed by atoms with Gasteiger partial charge in [-0.1, -0.05) is 0 Å². The fourth-order valence-electron chi connectivity index (χ4n) is 2.17. The molecule has 1 unspecified atom stereocenters. The van der Waals surface area contributed by atoms with Crippen LogP contribution in [0.25, 0.3) is 0 Å². The highest BCUT2D eigenvalue weighted by atomic mass is 16.5. The zero-order chi connectivity index (χ0) is 8.60. The van der Waals surface area contributed by atoms with Gasteiger partial charge in [-0.15, -0.1) is 0 Å². The maximum absolute atomic E-state index is 10.4. The van der Waals surface area contributed by atoms with E-state index in [1.807, 2.05) is 0 Å². The van der Waals surface area contributed by atoms with E-state index in [4.69, 9.17) is 9.84 Å². The van der Waals surface area contributed by atoms with E-state index in [1.165, 1.54) is 6.42 Å². The van der Waals surface area contributed by atoms with Crippen molar-refractivity contribution < 1.29 is 14.6 Å². The second kappa shape index (κ2) is 2.73. The van der Waals surface area contributed by atoms with Crippen LogP contribution in [-0.4, -0.2) is 22.8 Å². The Balaban J connectivity index is 1.85. The topological polar surface area (TPSA) is 46.5 Å². The molecule has 0 bridgehead atoms. The number of ether oxygens (including phenoxy) is 1. The van der Waals surface area contributed by atoms with Gasteiger partial charge in [0.05, 0.1) is 18.1 Å². The van der Waals surface area contributed by atoms with Crippen molar-refractivity contribution in [2.45, 2.75) is 50.2 Å². The van der Waals surface area contributed by atoms with Gasteiger partial charge in [0.15, 0.2) is 0 Å². The summed E-state index contributed by atoms with van der Waals surface area (Å²) in [5.41, 5.74) is 0.111. The second-order valence-electron chi connectivity index (χ2n) is 3.91. The van der Waals surface area contributed by atoms with Gasteiger partial charge in [0.2, 0.25) is 0 Å². The van der Waals surface area contributed by atoms with Gasteiger partial charge in [-0.2, -0.15) is 0 Å². The Morgan fingerprint density at radius 2 is 2.25 bits per heavy atom. The van der Waals surface area contributed by atoms with Crippen LogP contribution < -0.4 is 0 Å². The number of aliphatic carboxylic acids is 1. The van der Waals surface area contributed by atoms with Crippen LogP contribution in [0.1, 0.15) is 38.5 Å². The smallest absolute Gasteiger partial charge is 0.305 e. The molecule has 1 heterocycles. The molecule has 1 atom stereocenters. The van der Waals surface area contributed by atoms with E-state index in [9.17, 15) is 4.79 Å². The zero-order valence-corrected chi connectivity index (χ0v) is 7.08. The fraction of sp³-hybridized carbons (Fsp3) is 0.889. The number of hydrogen-bond acceptors (Lipinski definition) is 2. The molecule has 3 nitrogen and oxygen atoms in total. The summed E-state index contributed by atoms with van der Waals surface area (Å²) in [6.07, 6.45) is 5.72. The van der Waals surface area contributed by atoms with Crippen LogP contribution >= 0.6 is 0 Å². The number of carbonyl (C=O) groups is 1. The molecule has 2 fully saturated rings. The number of hydrogen-bond donors (Lipinski definition) is 1. The Kier molecular flexibility index (Phi) is 1.83. The van der Waals surface area contributed by atoms with Crippen LogP contribution in [0.5, 0.6) is 0 Å². The lowest BCUT2D eigenvalue weighted by atomic mass is 9.78. The van der Waals surface area contributed by atoms with E-state index in [0.29, 0.717) is 0 Å². The van der Waals surface area contributed by atoms with Crippen molar-refractivity contribution in [3.63, 3.8) is 0 Å². The molecule has 1 saturated heterocycles. The lowest BCUT2D eigenvalue weighted by molar-refractivity contribution is -0.144. The van der Waals surface area contributed by atoms with Crippen molar-refractivity contribution >= 4 is 5.97 Å². The molecule has 3 heteroatoms. The van der Waals surface area contributed by atoms with Crippen molar-refractivity contribution in [2.24, 2.45) is 0 Å². The molecular formula is C9H14O3. The third-order valence-electron chi connectivity index (χ3n) is 3.01. The molecule has 1 aliphatic heterocycles. The number of carboxylic acids is 1. The zero-order valence-electron chi connectivity index (χ0n) is 7.08. The quantitative estimate of drug-likeness (QED) is 0.684. The molecule has 0 aromatic rings. The third-order valence-corrected chi connectivity index (χ3v) is 3.01. The molecule has 0 amide bonds. The predicted molar refractivity (Wildman–Crippen MR) is 42.9 cm³/mol. The largest absolute Gasteiger partial charge is 0.481 e. The van der Waals surface area contributed by atoms with Gasteiger partial charge in [-0.25, -0.2) is 0 Å². The molecule has 0 aromatic heterocycles. The van der Waals surface area contributed by atoms with Gasteiger partial charge < -0.3 is 9.84 Å². The number of carboxylic acid groups (broad SMARTS) is 1. The van der Waals surface area contributed by atoms with Crippen molar-refractivity contribution in [3.8, 4) is 0 Å². The Morgan fingerprint density at radius 1 is 1.50 bits per heavy atom. The minimum absolute atomic E-state index is 0.0113. The van der Waals surface area contributed by atoms with Gasteiger partial charge >= 0.3 is 5.97 Å². The van der Waals surface area contributed by atoms with E-state index in [1.54, 1.807) is 0 Å². The van der Waals surface area contributed by atoms with Crippen molar-refractivity contribution in [1.82, 2.24) is 0 Å². The highest BCUT2D eigenvalue weighted by Crippen LogP contribution is 2.46. The first-order valence-corrected chi connectivity index (χ1v) is 4.60. The van der Waals surface area contributed by atoms with E-state index >= 15 is 0 Å². The molecular weight excluding hydrogens is 156 g/mol. The van der Waals surface area contributed by atoms with Crippen LogP contribution in [0, 0.1) is 0 Å². The Hall–Kier alpha value is -0.570. The maximum Gasteiger partial charge on any atom is 0.305 e. The highest BCUT2D eigenvalue weighted by Gasteiger charge is 2.44. The first kappa shape index (κ1) is 8.05. The van der Waals surface area contributed by atoms with E-state index in [2.05, 4.69) is 0 Å². The molecule has 2 rings (SSSR count). The van der Waals surface area contributed by atoms with Gasteiger partial charge in [-0.05, 0) is 32.1 Å². The average molecular weight is 170 g/mol. The Bertz CT molecular complexity index is 196. The summed E-state index contributed by atoms with van der Waals surface area (Å²) < 4.78 is 5.71. The van der Waals surface area contributed by atoms with Crippen LogP contribution in [0.15, 0.2) is 0 Å². The van der Waals surface area contributed by atoms with Gasteiger partial charge in [0.1, 0.15) is 0 Å². The summed E-state index contributed by atoms with van der Waals surface area (Å²) in [6.45, 7) is 0.